The molecule has 0 saturated heterocycles. The molecule has 0 unspecified atom stereocenters. The summed E-state index contributed by atoms with van der Waals surface area (Å²) in [5, 5.41) is 0. The maximum absolute atomic E-state index is 11.8. The summed E-state index contributed by atoms with van der Waals surface area (Å²) in [6.07, 6.45) is 3.17. The van der Waals surface area contributed by atoms with Crippen LogP contribution in [0.25, 0.3) is 11.4 Å². The van der Waals surface area contributed by atoms with Gasteiger partial charge in [-0.05, 0) is 36.4 Å². The quantitative estimate of drug-likeness (QED) is 0.406. The van der Waals surface area contributed by atoms with Crippen LogP contribution in [0.2, 0.25) is 0 Å². The van der Waals surface area contributed by atoms with Gasteiger partial charge < -0.3 is 5.43 Å². The van der Waals surface area contributed by atoms with Crippen LogP contribution in [0.4, 0.5) is 5.69 Å². The van der Waals surface area contributed by atoms with E-state index in [4.69, 9.17) is 5.84 Å². The van der Waals surface area contributed by atoms with Gasteiger partial charge in [-0.15, -0.1) is 0 Å². The zero-order valence-electron chi connectivity index (χ0n) is 12.6. The minimum atomic E-state index is -0.511. The number of carbonyl (C=O) groups is 2. The molecule has 0 atom stereocenters. The monoisotopic (exact) mass is 318 g/mol. The van der Waals surface area contributed by atoms with Crippen LogP contribution >= 0.6 is 0 Å². The van der Waals surface area contributed by atoms with E-state index in [0.717, 1.165) is 5.69 Å². The van der Waals surface area contributed by atoms with Gasteiger partial charge in [0, 0.05) is 18.1 Å². The van der Waals surface area contributed by atoms with Crippen molar-refractivity contribution in [3.63, 3.8) is 0 Å². The van der Waals surface area contributed by atoms with Gasteiger partial charge in [-0.1, -0.05) is 18.2 Å². The molecule has 2 heterocycles. The predicted octanol–water partition coefficient (Wildman–Crippen LogP) is 2.49. The lowest BCUT2D eigenvalue weighted by atomic mass is 9.91. The number of rotatable bonds is 1. The molecular weight excluding hydrogens is 304 g/mol. The number of ketones is 2. The Balaban J connectivity index is 0.000000179. The number of nitrogens with zero attached hydrogens (tertiary/aromatic N) is 2. The molecule has 0 bridgehead atoms. The van der Waals surface area contributed by atoms with Crippen LogP contribution in [0, 0.1) is 0 Å². The fourth-order valence-corrected chi connectivity index (χ4v) is 2.33. The summed E-state index contributed by atoms with van der Waals surface area (Å²) < 4.78 is 0. The number of carbonyl (C=O) groups excluding carboxylic acids is 2. The van der Waals surface area contributed by atoms with E-state index < -0.39 is 11.6 Å². The van der Waals surface area contributed by atoms with Crippen LogP contribution < -0.4 is 11.3 Å². The molecule has 6 heteroatoms. The first kappa shape index (κ1) is 15.5. The summed E-state index contributed by atoms with van der Waals surface area (Å²) >= 11 is 0. The molecule has 1 aliphatic rings. The van der Waals surface area contributed by atoms with Crippen molar-refractivity contribution in [2.75, 3.05) is 5.43 Å². The number of aromatic nitrogens is 2. The molecule has 4 rings (SSSR count). The highest BCUT2D eigenvalue weighted by Crippen LogP contribution is 2.29. The minimum absolute atomic E-state index is 0.332. The van der Waals surface area contributed by atoms with Crippen molar-refractivity contribution >= 4 is 17.3 Å². The second-order valence-corrected chi connectivity index (χ2v) is 4.97. The standard InChI is InChI=1S/C12H6N2O2.C6H8N2/c15-11-7-3-1-5-13-9(7)10-8(12(11)16)4-2-6-14-10;7-8-6-4-2-1-3-5-6/h1-6H;1-5,8H,7H2. The van der Waals surface area contributed by atoms with E-state index in [-0.39, 0.29) is 0 Å². The number of pyridine rings is 2. The Bertz CT molecular complexity index is 839. The number of hydrogen-bond acceptors (Lipinski definition) is 6. The van der Waals surface area contributed by atoms with E-state index in [1.54, 1.807) is 36.7 Å². The predicted molar refractivity (Wildman–Crippen MR) is 90.4 cm³/mol. The number of hydrazine groups is 1. The van der Waals surface area contributed by atoms with Crippen LogP contribution in [0.1, 0.15) is 20.7 Å². The third kappa shape index (κ3) is 2.90. The third-order valence-electron chi connectivity index (χ3n) is 3.48. The molecule has 6 nitrogen and oxygen atoms in total. The molecule has 0 saturated carbocycles. The Kier molecular flexibility index (Phi) is 4.40. The smallest absolute Gasteiger partial charge is 0.235 e. The number of nitrogens with one attached hydrogen (secondary N) is 1. The topological polar surface area (TPSA) is 98.0 Å². The number of nitrogen functional groups attached to an aromatic ring is 1. The molecule has 118 valence electrons. The third-order valence-corrected chi connectivity index (χ3v) is 3.48. The van der Waals surface area contributed by atoms with Gasteiger partial charge in [0.2, 0.25) is 11.6 Å². The highest BCUT2D eigenvalue weighted by Gasteiger charge is 2.31. The van der Waals surface area contributed by atoms with Gasteiger partial charge in [-0.25, -0.2) is 0 Å². The number of Topliss-reactive ketones (excluding diaryl/α,β-unsaturated/α-hetero) is 2. The second kappa shape index (κ2) is 6.80. The Morgan fingerprint density at radius 2 is 1.21 bits per heavy atom. The summed E-state index contributed by atoms with van der Waals surface area (Å²) in [5.74, 6) is 4.08. The lowest BCUT2D eigenvalue weighted by Gasteiger charge is -2.14. The molecule has 2 aromatic heterocycles. The average Bonchev–Trinajstić information content (AvgIpc) is 2.67. The number of hydrogen-bond donors (Lipinski definition) is 2. The van der Waals surface area contributed by atoms with E-state index >= 15 is 0 Å². The lowest BCUT2D eigenvalue weighted by molar-refractivity contribution is 0.0814. The molecule has 0 spiro atoms. The zero-order chi connectivity index (χ0) is 16.9. The highest BCUT2D eigenvalue weighted by atomic mass is 16.2. The van der Waals surface area contributed by atoms with Crippen LogP contribution in [-0.4, -0.2) is 21.5 Å². The highest BCUT2D eigenvalue weighted by molar-refractivity contribution is 6.52. The molecule has 1 aliphatic carbocycles. The number of benzene rings is 1. The maximum atomic E-state index is 11.8. The van der Waals surface area contributed by atoms with Gasteiger partial charge in [0.15, 0.2) is 0 Å². The van der Waals surface area contributed by atoms with Crippen LogP contribution in [-0.2, 0) is 0 Å². The minimum Gasteiger partial charge on any atom is -0.324 e. The molecular formula is C18H14N4O2. The number of para-hydroxylation sites is 1. The fourth-order valence-electron chi connectivity index (χ4n) is 2.33. The maximum Gasteiger partial charge on any atom is 0.235 e. The molecule has 24 heavy (non-hydrogen) atoms. The Morgan fingerprint density at radius 3 is 1.62 bits per heavy atom. The fraction of sp³-hybridized carbons (Fsp3) is 0. The summed E-state index contributed by atoms with van der Waals surface area (Å²) in [6.45, 7) is 0. The molecule has 0 fully saturated rings. The second-order valence-electron chi connectivity index (χ2n) is 4.97. The summed E-state index contributed by atoms with van der Waals surface area (Å²) in [5.41, 5.74) is 5.11. The van der Waals surface area contributed by atoms with E-state index in [1.165, 1.54) is 0 Å². The van der Waals surface area contributed by atoms with Crippen LogP contribution in [0.5, 0.6) is 0 Å². The summed E-state index contributed by atoms with van der Waals surface area (Å²) in [6, 6.07) is 16.1. The van der Waals surface area contributed by atoms with Gasteiger partial charge in [-0.2, -0.15) is 0 Å². The Labute approximate surface area is 138 Å². The average molecular weight is 318 g/mol. The number of fused-ring (bicyclic) bond motifs is 3. The van der Waals surface area contributed by atoms with E-state index in [1.807, 2.05) is 30.3 Å². The van der Waals surface area contributed by atoms with Gasteiger partial charge >= 0.3 is 0 Å². The molecule has 0 radical (unpaired) electrons. The molecule has 0 aliphatic heterocycles. The van der Waals surface area contributed by atoms with Gasteiger partial charge in [0.05, 0.1) is 11.1 Å². The zero-order valence-corrected chi connectivity index (χ0v) is 12.6. The first-order valence-electron chi connectivity index (χ1n) is 7.23. The van der Waals surface area contributed by atoms with Crippen LogP contribution in [0.15, 0.2) is 67.0 Å². The van der Waals surface area contributed by atoms with Crippen molar-refractivity contribution < 1.29 is 9.59 Å². The van der Waals surface area contributed by atoms with E-state index in [0.29, 0.717) is 22.5 Å². The molecule has 1 aromatic carbocycles. The Morgan fingerprint density at radius 1 is 0.708 bits per heavy atom. The van der Waals surface area contributed by atoms with E-state index in [2.05, 4.69) is 15.4 Å². The number of nitrogens with two attached hydrogens (primary N) is 1. The normalized spacial score (nSPS) is 11.7. The lowest BCUT2D eigenvalue weighted by Crippen LogP contribution is -2.22. The van der Waals surface area contributed by atoms with Crippen molar-refractivity contribution in [1.82, 2.24) is 9.97 Å². The van der Waals surface area contributed by atoms with Crippen molar-refractivity contribution in [2.45, 2.75) is 0 Å². The summed E-state index contributed by atoms with van der Waals surface area (Å²) in [4.78, 5) is 31.7. The summed E-state index contributed by atoms with van der Waals surface area (Å²) in [7, 11) is 0. The van der Waals surface area contributed by atoms with Crippen molar-refractivity contribution in [3.8, 4) is 11.4 Å². The molecule has 3 N–H and O–H groups in total. The van der Waals surface area contributed by atoms with Crippen molar-refractivity contribution in [3.05, 3.63) is 78.1 Å². The molecule has 0 amide bonds. The first-order valence-corrected chi connectivity index (χ1v) is 7.23. The first-order chi connectivity index (χ1) is 11.7. The van der Waals surface area contributed by atoms with Gasteiger partial charge in [0.25, 0.3) is 0 Å². The van der Waals surface area contributed by atoms with Crippen molar-refractivity contribution in [2.24, 2.45) is 5.84 Å². The SMILES string of the molecule is NNc1ccccc1.O=C1C(=O)c2cccnc2-c2ncccc21. The van der Waals surface area contributed by atoms with Gasteiger partial charge in [0.1, 0.15) is 11.4 Å². The van der Waals surface area contributed by atoms with E-state index in [9.17, 15) is 9.59 Å². The molecule has 3 aromatic rings. The van der Waals surface area contributed by atoms with Gasteiger partial charge in [-0.3, -0.25) is 25.4 Å². The van der Waals surface area contributed by atoms with Crippen LogP contribution in [0.3, 0.4) is 0 Å². The van der Waals surface area contributed by atoms with Crippen molar-refractivity contribution in [1.29, 1.82) is 0 Å². The number of anilines is 1. The largest absolute Gasteiger partial charge is 0.324 e. The Hall–Kier alpha value is -3.38.